The third kappa shape index (κ3) is 9.24. The first kappa shape index (κ1) is 20.6. The predicted octanol–water partition coefficient (Wildman–Crippen LogP) is 7.88. The van der Waals surface area contributed by atoms with Gasteiger partial charge in [-0.1, -0.05) is 97.4 Å². The third-order valence-corrected chi connectivity index (χ3v) is 5.29. The molecule has 0 aliphatic rings. The Bertz CT molecular complexity index is 289. The maximum atomic E-state index is 3.90. The summed E-state index contributed by atoms with van der Waals surface area (Å²) >= 11 is 1.79. The zero-order chi connectivity index (χ0) is 16.0. The van der Waals surface area contributed by atoms with E-state index < -0.39 is 0 Å². The van der Waals surface area contributed by atoms with Crippen molar-refractivity contribution in [3.63, 3.8) is 0 Å². The first-order valence-electron chi connectivity index (χ1n) is 8.75. The van der Waals surface area contributed by atoms with Crippen LogP contribution in [-0.4, -0.2) is 0 Å². The molecular formula is C20H36S. The molecule has 0 aromatic heterocycles. The summed E-state index contributed by atoms with van der Waals surface area (Å²) in [7, 11) is 0. The zero-order valence-electron chi connectivity index (χ0n) is 14.6. The molecule has 0 aromatic carbocycles. The van der Waals surface area contributed by atoms with Gasteiger partial charge in [0.15, 0.2) is 0 Å². The monoisotopic (exact) mass is 308 g/mol. The van der Waals surface area contributed by atoms with Crippen molar-refractivity contribution in [1.29, 1.82) is 0 Å². The molecule has 0 bridgehead atoms. The second-order valence-electron chi connectivity index (χ2n) is 6.23. The molecule has 1 heteroatoms. The van der Waals surface area contributed by atoms with E-state index in [4.69, 9.17) is 0 Å². The van der Waals surface area contributed by atoms with Crippen LogP contribution in [-0.2, 0) is 0 Å². The molecule has 0 aliphatic heterocycles. The van der Waals surface area contributed by atoms with Crippen LogP contribution >= 0.6 is 11.8 Å². The highest BCUT2D eigenvalue weighted by molar-refractivity contribution is 8.05. The summed E-state index contributed by atoms with van der Waals surface area (Å²) in [6.45, 7) is 14.8. The Kier molecular flexibility index (Phi) is 13.0. The number of rotatable bonds is 14. The van der Waals surface area contributed by atoms with Crippen LogP contribution in [0.1, 0.15) is 85.0 Å². The van der Waals surface area contributed by atoms with Crippen molar-refractivity contribution in [3.8, 4) is 0 Å². The van der Waals surface area contributed by atoms with Crippen LogP contribution in [0.4, 0.5) is 0 Å². The molecule has 0 rings (SSSR count). The highest BCUT2D eigenvalue weighted by atomic mass is 32.2. The molecule has 0 nitrogen and oxygen atoms in total. The van der Waals surface area contributed by atoms with Crippen LogP contribution in [0.25, 0.3) is 0 Å². The van der Waals surface area contributed by atoms with Crippen molar-refractivity contribution in [2.24, 2.45) is 5.41 Å². The minimum Gasteiger partial charge on any atom is -0.103 e. The number of hydrogen-bond donors (Lipinski definition) is 0. The Balaban J connectivity index is 4.72. The van der Waals surface area contributed by atoms with Crippen molar-refractivity contribution in [3.05, 3.63) is 35.6 Å². The molecule has 0 N–H and O–H groups in total. The van der Waals surface area contributed by atoms with Crippen molar-refractivity contribution in [2.45, 2.75) is 85.0 Å². The Hall–Kier alpha value is -0.430. The van der Waals surface area contributed by atoms with E-state index in [9.17, 15) is 0 Å². The summed E-state index contributed by atoms with van der Waals surface area (Å²) in [5.74, 6) is 0. The van der Waals surface area contributed by atoms with Gasteiger partial charge in [-0.15, -0.1) is 11.8 Å². The third-order valence-electron chi connectivity index (χ3n) is 4.24. The molecule has 0 heterocycles. The Morgan fingerprint density at radius 3 is 1.81 bits per heavy atom. The standard InChI is InChI=1S/C20H36S/c1-6-10-12-14-17-20(5,18-15-13-11-7-2)19(16-8-3)21-9-4/h8-9,16H,3-4,6-7,10-15,17-18H2,1-2,5H3/b19-16-. The molecule has 0 saturated carbocycles. The SMILES string of the molecule is C=C/C=C(\SC=C)C(C)(CCCCCC)CCCCCC. The van der Waals surface area contributed by atoms with Crippen LogP contribution in [0.3, 0.4) is 0 Å². The second-order valence-corrected chi connectivity index (χ2v) is 7.24. The Morgan fingerprint density at radius 2 is 1.43 bits per heavy atom. The first-order valence-corrected chi connectivity index (χ1v) is 9.63. The van der Waals surface area contributed by atoms with E-state index in [1.807, 2.05) is 11.5 Å². The molecule has 0 amide bonds. The average molecular weight is 309 g/mol. The Morgan fingerprint density at radius 1 is 0.905 bits per heavy atom. The normalized spacial score (nSPS) is 12.4. The van der Waals surface area contributed by atoms with Crippen molar-refractivity contribution < 1.29 is 0 Å². The minimum absolute atomic E-state index is 0.300. The summed E-state index contributed by atoms with van der Waals surface area (Å²) in [6.07, 6.45) is 17.5. The number of hydrogen-bond acceptors (Lipinski definition) is 1. The summed E-state index contributed by atoms with van der Waals surface area (Å²) in [6, 6.07) is 0. The van der Waals surface area contributed by atoms with Gasteiger partial charge in [-0.25, -0.2) is 0 Å². The molecule has 122 valence electrons. The van der Waals surface area contributed by atoms with Crippen molar-refractivity contribution in [1.82, 2.24) is 0 Å². The number of thioether (sulfide) groups is 1. The Labute approximate surface area is 138 Å². The summed E-state index contributed by atoms with van der Waals surface area (Å²) < 4.78 is 0. The van der Waals surface area contributed by atoms with Gasteiger partial charge in [0, 0.05) is 0 Å². The minimum atomic E-state index is 0.300. The van der Waals surface area contributed by atoms with Gasteiger partial charge in [0.1, 0.15) is 0 Å². The quantitative estimate of drug-likeness (QED) is 0.232. The number of allylic oxidation sites excluding steroid dienone is 3. The molecule has 0 spiro atoms. The predicted molar refractivity (Wildman–Crippen MR) is 102 cm³/mol. The van der Waals surface area contributed by atoms with E-state index in [1.165, 1.54) is 69.1 Å². The largest absolute Gasteiger partial charge is 0.103 e. The molecular weight excluding hydrogens is 272 g/mol. The smallest absolute Gasteiger partial charge is 0.00121 e. The average Bonchev–Trinajstić information content (AvgIpc) is 2.48. The summed E-state index contributed by atoms with van der Waals surface area (Å²) in [5.41, 5.74) is 0.300. The molecule has 0 radical (unpaired) electrons. The van der Waals surface area contributed by atoms with Gasteiger partial charge in [0.05, 0.1) is 0 Å². The van der Waals surface area contributed by atoms with E-state index in [2.05, 4.69) is 40.0 Å². The van der Waals surface area contributed by atoms with Crippen LogP contribution in [0.2, 0.25) is 0 Å². The van der Waals surface area contributed by atoms with Crippen molar-refractivity contribution in [2.75, 3.05) is 0 Å². The van der Waals surface area contributed by atoms with Crippen LogP contribution in [0.15, 0.2) is 35.6 Å². The summed E-state index contributed by atoms with van der Waals surface area (Å²) in [5, 5.41) is 1.96. The fourth-order valence-corrected chi connectivity index (χ4v) is 3.68. The molecule has 0 aromatic rings. The van der Waals surface area contributed by atoms with Gasteiger partial charge in [-0.05, 0) is 28.6 Å². The zero-order valence-corrected chi connectivity index (χ0v) is 15.4. The fourth-order valence-electron chi connectivity index (χ4n) is 2.83. The highest BCUT2D eigenvalue weighted by Crippen LogP contribution is 2.44. The van der Waals surface area contributed by atoms with E-state index >= 15 is 0 Å². The maximum absolute atomic E-state index is 3.90. The molecule has 0 fully saturated rings. The van der Waals surface area contributed by atoms with E-state index in [-0.39, 0.29) is 0 Å². The molecule has 21 heavy (non-hydrogen) atoms. The lowest BCUT2D eigenvalue weighted by atomic mass is 9.79. The number of unbranched alkanes of at least 4 members (excludes halogenated alkanes) is 6. The first-order chi connectivity index (χ1) is 10.1. The molecule has 0 aliphatic carbocycles. The molecule has 0 atom stereocenters. The van der Waals surface area contributed by atoms with Crippen molar-refractivity contribution >= 4 is 11.8 Å². The van der Waals surface area contributed by atoms with Crippen LogP contribution in [0.5, 0.6) is 0 Å². The van der Waals surface area contributed by atoms with Crippen LogP contribution in [0, 0.1) is 5.41 Å². The van der Waals surface area contributed by atoms with Gasteiger partial charge in [-0.2, -0.15) is 0 Å². The maximum Gasteiger partial charge on any atom is -0.00121 e. The van der Waals surface area contributed by atoms with E-state index in [0.717, 1.165) is 0 Å². The van der Waals surface area contributed by atoms with E-state index in [0.29, 0.717) is 5.41 Å². The second kappa shape index (κ2) is 13.2. The molecule has 0 saturated heterocycles. The highest BCUT2D eigenvalue weighted by Gasteiger charge is 2.27. The lowest BCUT2D eigenvalue weighted by molar-refractivity contribution is 0.323. The fraction of sp³-hybridized carbons (Fsp3) is 0.700. The van der Waals surface area contributed by atoms with Crippen LogP contribution < -0.4 is 0 Å². The van der Waals surface area contributed by atoms with E-state index in [1.54, 1.807) is 11.8 Å². The molecule has 0 unspecified atom stereocenters. The lowest BCUT2D eigenvalue weighted by Gasteiger charge is -2.32. The van der Waals surface area contributed by atoms with Gasteiger partial charge in [-0.3, -0.25) is 0 Å². The van der Waals surface area contributed by atoms with Gasteiger partial charge in [0.25, 0.3) is 0 Å². The lowest BCUT2D eigenvalue weighted by Crippen LogP contribution is -2.18. The van der Waals surface area contributed by atoms with Gasteiger partial charge < -0.3 is 0 Å². The van der Waals surface area contributed by atoms with Gasteiger partial charge >= 0.3 is 0 Å². The van der Waals surface area contributed by atoms with Gasteiger partial charge in [0.2, 0.25) is 0 Å². The summed E-state index contributed by atoms with van der Waals surface area (Å²) in [4.78, 5) is 1.44. The topological polar surface area (TPSA) is 0 Å².